The Kier molecular flexibility index (Phi) is 3.68. The molecule has 1 aromatic carbocycles. The average Bonchev–Trinajstić information content (AvgIpc) is 2.38. The summed E-state index contributed by atoms with van der Waals surface area (Å²) >= 11 is 10.9. The summed E-state index contributed by atoms with van der Waals surface area (Å²) in [6.07, 6.45) is 0. The highest BCUT2D eigenvalue weighted by Crippen LogP contribution is 2.25. The number of halogens is 1. The first-order chi connectivity index (χ1) is 9.02. The molecule has 0 amide bonds. The number of aromatic amines is 1. The van der Waals surface area contributed by atoms with Crippen molar-refractivity contribution in [1.82, 2.24) is 9.97 Å². The maximum absolute atomic E-state index is 5.86. The highest BCUT2D eigenvalue weighted by Gasteiger charge is 2.14. The molecule has 0 aliphatic carbocycles. The molecule has 0 aliphatic rings. The van der Waals surface area contributed by atoms with Gasteiger partial charge in [-0.05, 0) is 29.9 Å². The van der Waals surface area contributed by atoms with E-state index in [9.17, 15) is 0 Å². The minimum absolute atomic E-state index is 0.0706. The summed E-state index contributed by atoms with van der Waals surface area (Å²) in [6.45, 7) is 0. The first-order valence-electron chi connectivity index (χ1n) is 5.22. The van der Waals surface area contributed by atoms with Gasteiger partial charge in [-0.1, -0.05) is 23.7 Å². The minimum Gasteiger partial charge on any atom is -0.383 e. The van der Waals surface area contributed by atoms with Gasteiger partial charge in [-0.3, -0.25) is 0 Å². The lowest BCUT2D eigenvalue weighted by atomic mass is 10.1. The van der Waals surface area contributed by atoms with Crippen molar-refractivity contribution in [3.05, 3.63) is 39.6 Å². The second-order valence-electron chi connectivity index (χ2n) is 3.70. The molecule has 0 unspecified atom stereocenters. The quantitative estimate of drug-likeness (QED) is 0.221. The Hall–Kier alpha value is -2.12. The number of nitrogens with two attached hydrogens (primary N) is 3. The van der Waals surface area contributed by atoms with E-state index in [0.29, 0.717) is 16.3 Å². The molecule has 1 heterocycles. The monoisotopic (exact) mass is 294 g/mol. The Bertz CT molecular complexity index is 691. The molecule has 0 spiro atoms. The standard InChI is InChI=1S/C11H11ClN6S/c12-6-3-1-5(2-4-6)8-7(10(14)18-15)9(13)17-11(19)16-8/h1-4H,15H2,(H2,14,18)(H3,13,16,17,19). The fourth-order valence-corrected chi connectivity index (χ4v) is 1.97. The Morgan fingerprint density at radius 3 is 2.53 bits per heavy atom. The van der Waals surface area contributed by atoms with Gasteiger partial charge in [-0.15, -0.1) is 0 Å². The number of benzene rings is 1. The zero-order valence-corrected chi connectivity index (χ0v) is 11.3. The largest absolute Gasteiger partial charge is 0.383 e. The molecule has 19 heavy (non-hydrogen) atoms. The molecule has 2 rings (SSSR count). The molecule has 7 N–H and O–H groups in total. The first-order valence-corrected chi connectivity index (χ1v) is 6.01. The molecule has 0 bridgehead atoms. The number of rotatable bonds is 2. The van der Waals surface area contributed by atoms with Gasteiger partial charge in [0.05, 0.1) is 11.3 Å². The molecule has 0 radical (unpaired) electrons. The summed E-state index contributed by atoms with van der Waals surface area (Å²) in [4.78, 5) is 6.87. The van der Waals surface area contributed by atoms with E-state index in [4.69, 9.17) is 41.1 Å². The predicted molar refractivity (Wildman–Crippen MR) is 79.2 cm³/mol. The van der Waals surface area contributed by atoms with Gasteiger partial charge < -0.3 is 22.3 Å². The number of amidine groups is 1. The summed E-state index contributed by atoms with van der Waals surface area (Å²) in [5.74, 6) is 5.44. The molecule has 0 atom stereocenters. The first kappa shape index (κ1) is 13.3. The van der Waals surface area contributed by atoms with Gasteiger partial charge in [0.2, 0.25) is 0 Å². The van der Waals surface area contributed by atoms with Crippen molar-refractivity contribution < 1.29 is 0 Å². The van der Waals surface area contributed by atoms with Crippen LogP contribution in [0.15, 0.2) is 29.4 Å². The average molecular weight is 295 g/mol. The summed E-state index contributed by atoms with van der Waals surface area (Å²) in [7, 11) is 0. The Labute approximate surface area is 119 Å². The number of nitrogens with one attached hydrogen (secondary N) is 1. The van der Waals surface area contributed by atoms with Crippen LogP contribution in [0.1, 0.15) is 5.56 Å². The number of anilines is 1. The molecule has 0 saturated heterocycles. The lowest BCUT2D eigenvalue weighted by molar-refractivity contribution is 1.13. The van der Waals surface area contributed by atoms with Gasteiger partial charge in [0.1, 0.15) is 5.82 Å². The van der Waals surface area contributed by atoms with Crippen LogP contribution in [0.2, 0.25) is 5.02 Å². The number of hydrogen-bond donors (Lipinski definition) is 4. The lowest BCUT2D eigenvalue weighted by Gasteiger charge is -2.11. The molecule has 0 aliphatic heterocycles. The van der Waals surface area contributed by atoms with Crippen molar-refractivity contribution in [1.29, 1.82) is 0 Å². The van der Waals surface area contributed by atoms with Crippen LogP contribution in [0.25, 0.3) is 11.3 Å². The highest BCUT2D eigenvalue weighted by atomic mass is 35.5. The number of aromatic nitrogens is 2. The predicted octanol–water partition coefficient (Wildman–Crippen LogP) is 1.62. The van der Waals surface area contributed by atoms with Gasteiger partial charge in [0.15, 0.2) is 10.6 Å². The molecule has 6 nitrogen and oxygen atoms in total. The lowest BCUT2D eigenvalue weighted by Crippen LogP contribution is -2.20. The van der Waals surface area contributed by atoms with E-state index in [1.54, 1.807) is 24.3 Å². The SMILES string of the molecule is N/N=C(\N)c1c(N)nc(=S)[nH]c1-c1ccc(Cl)cc1. The third-order valence-electron chi connectivity index (χ3n) is 2.49. The minimum atomic E-state index is 0.0706. The van der Waals surface area contributed by atoms with Gasteiger partial charge in [-0.25, -0.2) is 4.98 Å². The topological polar surface area (TPSA) is 119 Å². The maximum atomic E-state index is 5.86. The second-order valence-corrected chi connectivity index (χ2v) is 4.52. The Balaban J connectivity index is 2.74. The normalized spacial score (nSPS) is 11.5. The summed E-state index contributed by atoms with van der Waals surface area (Å²) in [6, 6.07) is 7.08. The van der Waals surface area contributed by atoms with E-state index in [-0.39, 0.29) is 16.4 Å². The fourth-order valence-electron chi connectivity index (χ4n) is 1.65. The number of H-pyrrole nitrogens is 1. The van der Waals surface area contributed by atoms with Gasteiger partial charge in [0, 0.05) is 5.02 Å². The zero-order chi connectivity index (χ0) is 14.0. The number of nitrogen functional groups attached to an aromatic ring is 1. The molecule has 0 fully saturated rings. The van der Waals surface area contributed by atoms with Crippen LogP contribution in [0, 0.1) is 4.77 Å². The van der Waals surface area contributed by atoms with Gasteiger partial charge in [0.25, 0.3) is 0 Å². The van der Waals surface area contributed by atoms with Crippen LogP contribution >= 0.6 is 23.8 Å². The van der Waals surface area contributed by atoms with Crippen LogP contribution in [0.4, 0.5) is 5.82 Å². The second kappa shape index (κ2) is 5.25. The third-order valence-corrected chi connectivity index (χ3v) is 2.93. The number of hydrogen-bond acceptors (Lipinski definition) is 5. The maximum Gasteiger partial charge on any atom is 0.199 e. The van der Waals surface area contributed by atoms with Crippen LogP contribution < -0.4 is 17.3 Å². The molecular weight excluding hydrogens is 284 g/mol. The van der Waals surface area contributed by atoms with Crippen LogP contribution in [0.3, 0.4) is 0 Å². The molecule has 98 valence electrons. The van der Waals surface area contributed by atoms with Crippen molar-refractivity contribution >= 4 is 35.5 Å². The van der Waals surface area contributed by atoms with E-state index in [0.717, 1.165) is 5.56 Å². The van der Waals surface area contributed by atoms with Crippen LogP contribution in [0.5, 0.6) is 0 Å². The van der Waals surface area contributed by atoms with Crippen molar-refractivity contribution in [2.24, 2.45) is 16.7 Å². The fraction of sp³-hybridized carbons (Fsp3) is 0. The van der Waals surface area contributed by atoms with E-state index in [2.05, 4.69) is 15.1 Å². The van der Waals surface area contributed by atoms with E-state index >= 15 is 0 Å². The molecule has 0 saturated carbocycles. The van der Waals surface area contributed by atoms with Crippen LogP contribution in [-0.4, -0.2) is 15.8 Å². The summed E-state index contributed by atoms with van der Waals surface area (Å²) in [5, 5.41) is 4.06. The van der Waals surface area contributed by atoms with E-state index < -0.39 is 0 Å². The van der Waals surface area contributed by atoms with E-state index in [1.807, 2.05) is 0 Å². The molecule has 8 heteroatoms. The zero-order valence-electron chi connectivity index (χ0n) is 9.72. The van der Waals surface area contributed by atoms with Crippen molar-refractivity contribution in [3.8, 4) is 11.3 Å². The smallest absolute Gasteiger partial charge is 0.199 e. The molecule has 2 aromatic rings. The van der Waals surface area contributed by atoms with Crippen molar-refractivity contribution in [2.45, 2.75) is 0 Å². The summed E-state index contributed by atoms with van der Waals surface area (Å²) in [5.41, 5.74) is 13.4. The Morgan fingerprint density at radius 1 is 1.32 bits per heavy atom. The molecular formula is C11H11ClN6S. The third kappa shape index (κ3) is 2.67. The van der Waals surface area contributed by atoms with Gasteiger partial charge >= 0.3 is 0 Å². The number of hydrazone groups is 1. The van der Waals surface area contributed by atoms with Crippen molar-refractivity contribution in [3.63, 3.8) is 0 Å². The van der Waals surface area contributed by atoms with Gasteiger partial charge in [-0.2, -0.15) is 5.10 Å². The summed E-state index contributed by atoms with van der Waals surface area (Å²) < 4.78 is 0.246. The highest BCUT2D eigenvalue weighted by molar-refractivity contribution is 7.71. The van der Waals surface area contributed by atoms with E-state index in [1.165, 1.54) is 0 Å². The molecule has 1 aromatic heterocycles. The Morgan fingerprint density at radius 2 is 1.95 bits per heavy atom. The van der Waals surface area contributed by atoms with Crippen LogP contribution in [-0.2, 0) is 0 Å². The number of nitrogens with zero attached hydrogens (tertiary/aromatic N) is 2. The van der Waals surface area contributed by atoms with Crippen molar-refractivity contribution in [2.75, 3.05) is 5.73 Å².